The molecule has 0 saturated carbocycles. The van der Waals surface area contributed by atoms with Crippen molar-refractivity contribution in [3.8, 4) is 11.5 Å². The van der Waals surface area contributed by atoms with Crippen molar-refractivity contribution >= 4 is 46.3 Å². The summed E-state index contributed by atoms with van der Waals surface area (Å²) in [5.74, 6) is -1.76. The smallest absolute Gasteiger partial charge is 0.416 e. The third-order valence-corrected chi connectivity index (χ3v) is 5.98. The summed E-state index contributed by atoms with van der Waals surface area (Å²) in [5.41, 5.74) is 4.53. The van der Waals surface area contributed by atoms with Gasteiger partial charge in [-0.15, -0.1) is 11.6 Å². The van der Waals surface area contributed by atoms with Crippen molar-refractivity contribution < 1.29 is 48.6 Å². The maximum Gasteiger partial charge on any atom is 0.416 e. The Labute approximate surface area is 256 Å². The summed E-state index contributed by atoms with van der Waals surface area (Å²) in [6.45, 7) is 2.28. The highest BCUT2D eigenvalue weighted by molar-refractivity contribution is 6.15. The van der Waals surface area contributed by atoms with Crippen LogP contribution < -0.4 is 21.1 Å². The molecule has 44 heavy (non-hydrogen) atoms. The van der Waals surface area contributed by atoms with Gasteiger partial charge in [-0.05, 0) is 67.1 Å². The first kappa shape index (κ1) is 35.3. The Morgan fingerprint density at radius 2 is 1.41 bits per heavy atom. The maximum absolute atomic E-state index is 13.3. The fraction of sp³-hybridized carbons (Fsp3) is 0.161. The second-order valence-electron chi connectivity index (χ2n) is 8.97. The second-order valence-corrected chi connectivity index (χ2v) is 8.97. The molecule has 0 spiro atoms. The molecule has 0 aliphatic carbocycles. The van der Waals surface area contributed by atoms with Crippen LogP contribution in [0.3, 0.4) is 0 Å². The fourth-order valence-corrected chi connectivity index (χ4v) is 3.82. The summed E-state index contributed by atoms with van der Waals surface area (Å²) in [7, 11) is 1.54. The van der Waals surface area contributed by atoms with Crippen molar-refractivity contribution in [2.24, 2.45) is 0 Å². The summed E-state index contributed by atoms with van der Waals surface area (Å²) in [6.07, 6.45) is -3.17. The summed E-state index contributed by atoms with van der Waals surface area (Å²) < 4.78 is 44.8. The van der Waals surface area contributed by atoms with Gasteiger partial charge in [-0.3, -0.25) is 0 Å². The van der Waals surface area contributed by atoms with Crippen molar-refractivity contribution in [2.45, 2.75) is 19.6 Å². The zero-order valence-corrected chi connectivity index (χ0v) is 24.8. The minimum Gasteiger partial charge on any atom is -0.504 e. The van der Waals surface area contributed by atoms with Crippen LogP contribution in [0.4, 0.5) is 35.9 Å². The molecule has 0 aliphatic heterocycles. The zero-order valence-electron chi connectivity index (χ0n) is 24.0. The quantitative estimate of drug-likeness (QED) is 0.114. The van der Waals surface area contributed by atoms with Gasteiger partial charge in [-0.2, -0.15) is 13.2 Å². The van der Waals surface area contributed by atoms with Gasteiger partial charge in [0.1, 0.15) is 0 Å². The van der Waals surface area contributed by atoms with Gasteiger partial charge >= 0.3 is 18.1 Å². The Morgan fingerprint density at radius 1 is 0.818 bits per heavy atom. The number of quaternary nitrogens is 1. The van der Waals surface area contributed by atoms with Gasteiger partial charge in [0, 0.05) is 11.9 Å². The fourth-order valence-electron chi connectivity index (χ4n) is 3.82. The number of nitrogens with one attached hydrogen (secondary N) is 2. The molecule has 0 saturated heterocycles. The third kappa shape index (κ3) is 9.54. The van der Waals surface area contributed by atoms with Crippen LogP contribution in [0, 0.1) is 6.92 Å². The number of ether oxygens (including phenoxy) is 1. The SMILES string of the molecule is CCl.COc1cc(C)ccc1O.[NH3+]Cc1ccc(Nc2cc(C(F)(F)F)ccc2Nc2ccccc2C(=O)O)c(C(=O)O)c1. The van der Waals surface area contributed by atoms with E-state index in [-0.39, 0.29) is 39.6 Å². The van der Waals surface area contributed by atoms with E-state index >= 15 is 0 Å². The number of aromatic hydroxyl groups is 1. The third-order valence-electron chi connectivity index (χ3n) is 5.98. The van der Waals surface area contributed by atoms with Crippen LogP contribution in [0.5, 0.6) is 11.5 Å². The minimum atomic E-state index is -4.64. The van der Waals surface area contributed by atoms with E-state index in [1.165, 1.54) is 43.8 Å². The lowest BCUT2D eigenvalue weighted by molar-refractivity contribution is -0.386. The van der Waals surface area contributed by atoms with E-state index < -0.39 is 23.7 Å². The number of methoxy groups -OCH3 is 1. The average Bonchev–Trinajstić information content (AvgIpc) is 3.00. The number of phenols is 1. The number of hydrogen-bond acceptors (Lipinski definition) is 6. The predicted molar refractivity (Wildman–Crippen MR) is 163 cm³/mol. The lowest BCUT2D eigenvalue weighted by atomic mass is 10.1. The number of hydrogen-bond donors (Lipinski definition) is 6. The molecule has 8 N–H and O–H groups in total. The van der Waals surface area contributed by atoms with E-state index in [1.54, 1.807) is 24.3 Å². The van der Waals surface area contributed by atoms with Crippen molar-refractivity contribution in [3.63, 3.8) is 0 Å². The molecule has 0 bridgehead atoms. The number of anilines is 4. The van der Waals surface area contributed by atoms with Gasteiger partial charge in [0.25, 0.3) is 0 Å². The Balaban J connectivity index is 0.000000473. The zero-order chi connectivity index (χ0) is 33.0. The Morgan fingerprint density at radius 3 is 1.98 bits per heavy atom. The number of carboxylic acids is 2. The number of benzene rings is 4. The van der Waals surface area contributed by atoms with Crippen molar-refractivity contribution in [3.05, 3.63) is 107 Å². The molecule has 0 atom stereocenters. The Kier molecular flexibility index (Phi) is 12.9. The van der Waals surface area contributed by atoms with Gasteiger partial charge < -0.3 is 36.4 Å². The van der Waals surface area contributed by atoms with Crippen LogP contribution in [0.25, 0.3) is 0 Å². The number of aromatic carboxylic acids is 2. The number of halogens is 4. The molecule has 0 unspecified atom stereocenters. The molecule has 0 fully saturated rings. The van der Waals surface area contributed by atoms with E-state index in [2.05, 4.69) is 28.0 Å². The molecular weight excluding hydrogens is 603 g/mol. The summed E-state index contributed by atoms with van der Waals surface area (Å²) >= 11 is 4.64. The van der Waals surface area contributed by atoms with Gasteiger partial charge in [0.15, 0.2) is 11.5 Å². The molecule has 4 aromatic rings. The molecule has 0 radical (unpaired) electrons. The molecule has 0 heterocycles. The van der Waals surface area contributed by atoms with E-state index in [1.807, 2.05) is 13.0 Å². The van der Waals surface area contributed by atoms with Gasteiger partial charge in [-0.1, -0.05) is 24.3 Å². The van der Waals surface area contributed by atoms with Crippen LogP contribution in [0.2, 0.25) is 0 Å². The normalized spacial score (nSPS) is 10.4. The van der Waals surface area contributed by atoms with Crippen LogP contribution in [0.15, 0.2) is 78.9 Å². The lowest BCUT2D eigenvalue weighted by Gasteiger charge is -2.18. The molecule has 234 valence electrons. The number of alkyl halides is 4. The largest absolute Gasteiger partial charge is 0.504 e. The number of para-hydroxylation sites is 1. The highest BCUT2D eigenvalue weighted by Crippen LogP contribution is 2.37. The molecule has 4 rings (SSSR count). The van der Waals surface area contributed by atoms with Crippen molar-refractivity contribution in [2.75, 3.05) is 24.1 Å². The molecule has 0 aliphatic rings. The number of carboxylic acid groups (broad SMARTS) is 2. The number of rotatable bonds is 8. The standard InChI is InChI=1S/C22H18F3N3O4.C8H10O2.CH3Cl/c23-22(24,25)13-6-8-18(27-16-4-2-1-3-14(16)20(29)30)19(10-13)28-17-7-5-12(11-26)9-15(17)21(31)32;1-6-3-4-7(9)8(5-6)10-2;1-2/h1-10,27-28H,11,26H2,(H,29,30)(H,31,32);3-5,9H,1-2H3;1H3/p+1. The molecule has 0 amide bonds. The van der Waals surface area contributed by atoms with Crippen molar-refractivity contribution in [1.82, 2.24) is 0 Å². The Hall–Kier alpha value is -4.94. The second kappa shape index (κ2) is 16.1. The van der Waals surface area contributed by atoms with E-state index in [4.69, 9.17) is 9.84 Å². The van der Waals surface area contributed by atoms with Gasteiger partial charge in [0.2, 0.25) is 0 Å². The van der Waals surface area contributed by atoms with E-state index in [0.29, 0.717) is 17.9 Å². The van der Waals surface area contributed by atoms with Crippen LogP contribution in [-0.4, -0.2) is 40.8 Å². The summed E-state index contributed by atoms with van der Waals surface area (Å²) in [4.78, 5) is 23.2. The molecule has 4 aromatic carbocycles. The number of phenolic OH excluding ortho intramolecular Hbond substituents is 1. The highest BCUT2D eigenvalue weighted by atomic mass is 35.5. The summed E-state index contributed by atoms with van der Waals surface area (Å²) in [5, 5.41) is 33.6. The maximum atomic E-state index is 13.3. The topological polar surface area (TPSA) is 156 Å². The Bertz CT molecular complexity index is 1600. The predicted octanol–water partition coefficient (Wildman–Crippen LogP) is 6.90. The monoisotopic (exact) mass is 634 g/mol. The molecule has 9 nitrogen and oxygen atoms in total. The van der Waals surface area contributed by atoms with Crippen LogP contribution in [-0.2, 0) is 12.7 Å². The minimum absolute atomic E-state index is 0.0728. The first-order valence-electron chi connectivity index (χ1n) is 12.8. The van der Waals surface area contributed by atoms with Gasteiger partial charge in [0.05, 0.1) is 53.1 Å². The van der Waals surface area contributed by atoms with E-state index in [9.17, 15) is 33.0 Å². The first-order valence-corrected chi connectivity index (χ1v) is 13.5. The van der Waals surface area contributed by atoms with Crippen LogP contribution in [0.1, 0.15) is 37.4 Å². The van der Waals surface area contributed by atoms with Crippen molar-refractivity contribution in [1.29, 1.82) is 0 Å². The molecule has 13 heteroatoms. The van der Waals surface area contributed by atoms with Crippen LogP contribution >= 0.6 is 11.6 Å². The number of carbonyl (C=O) groups is 2. The highest BCUT2D eigenvalue weighted by Gasteiger charge is 2.31. The van der Waals surface area contributed by atoms with Gasteiger partial charge in [-0.25, -0.2) is 9.59 Å². The average molecular weight is 635 g/mol. The first-order chi connectivity index (χ1) is 20.8. The number of aryl methyl sites for hydroxylation is 1. The molecular formula is C31H32ClF3N3O6+. The lowest BCUT2D eigenvalue weighted by Crippen LogP contribution is -2.47. The molecule has 0 aromatic heterocycles. The van der Waals surface area contributed by atoms with E-state index in [0.717, 1.165) is 23.8 Å². The summed E-state index contributed by atoms with van der Waals surface area (Å²) in [6, 6.07) is 18.4.